The number of sulfonamides is 1. The molecule has 19 heavy (non-hydrogen) atoms. The Morgan fingerprint density at radius 2 is 1.89 bits per heavy atom. The first-order valence-corrected chi connectivity index (χ1v) is 7.43. The summed E-state index contributed by atoms with van der Waals surface area (Å²) in [7, 11) is -4.04. The van der Waals surface area contributed by atoms with Gasteiger partial charge in [0.2, 0.25) is 10.0 Å². The summed E-state index contributed by atoms with van der Waals surface area (Å²) in [6, 6.07) is 0. The summed E-state index contributed by atoms with van der Waals surface area (Å²) in [6.07, 6.45) is -5.02. The molecular weight excluding hydrogens is 287 g/mol. The number of carboxylic acids is 1. The van der Waals surface area contributed by atoms with Crippen LogP contribution in [0.3, 0.4) is 0 Å². The van der Waals surface area contributed by atoms with Crippen molar-refractivity contribution in [2.45, 2.75) is 44.3 Å². The Morgan fingerprint density at radius 3 is 2.26 bits per heavy atom. The quantitative estimate of drug-likeness (QED) is 0.746. The van der Waals surface area contributed by atoms with Crippen LogP contribution in [-0.2, 0) is 14.8 Å². The van der Waals surface area contributed by atoms with Crippen LogP contribution in [0.15, 0.2) is 0 Å². The lowest BCUT2D eigenvalue weighted by Gasteiger charge is -2.25. The first-order valence-electron chi connectivity index (χ1n) is 5.78. The molecule has 2 N–H and O–H groups in total. The molecule has 9 heteroatoms. The molecule has 0 aromatic heterocycles. The van der Waals surface area contributed by atoms with Crippen LogP contribution in [0.1, 0.15) is 32.6 Å². The second-order valence-corrected chi connectivity index (χ2v) is 6.76. The fraction of sp³-hybridized carbons (Fsp3) is 0.900. The van der Waals surface area contributed by atoms with E-state index in [2.05, 4.69) is 0 Å². The van der Waals surface area contributed by atoms with E-state index in [9.17, 15) is 26.4 Å². The molecule has 1 fully saturated rings. The van der Waals surface area contributed by atoms with Crippen LogP contribution in [0.25, 0.3) is 0 Å². The van der Waals surface area contributed by atoms with E-state index in [4.69, 9.17) is 5.11 Å². The Morgan fingerprint density at radius 1 is 1.37 bits per heavy atom. The van der Waals surface area contributed by atoms with E-state index in [1.807, 2.05) is 4.72 Å². The third-order valence-corrected chi connectivity index (χ3v) is 4.64. The van der Waals surface area contributed by atoms with E-state index in [0.29, 0.717) is 12.8 Å². The van der Waals surface area contributed by atoms with Gasteiger partial charge in [-0.2, -0.15) is 17.9 Å². The summed E-state index contributed by atoms with van der Waals surface area (Å²) in [5.74, 6) is -2.35. The van der Waals surface area contributed by atoms with E-state index in [-0.39, 0.29) is 5.92 Å². The molecule has 0 radical (unpaired) electrons. The second kappa shape index (κ2) is 5.28. The maximum absolute atomic E-state index is 11.9. The summed E-state index contributed by atoms with van der Waals surface area (Å²) >= 11 is 0. The van der Waals surface area contributed by atoms with Gasteiger partial charge in [0.1, 0.15) is 5.54 Å². The van der Waals surface area contributed by atoms with E-state index < -0.39 is 46.3 Å². The van der Waals surface area contributed by atoms with E-state index in [0.717, 1.165) is 0 Å². The zero-order chi connectivity index (χ0) is 14.9. The molecule has 0 heterocycles. The van der Waals surface area contributed by atoms with Crippen molar-refractivity contribution in [3.8, 4) is 0 Å². The predicted octanol–water partition coefficient (Wildman–Crippen LogP) is 1.50. The lowest BCUT2D eigenvalue weighted by atomic mass is 9.98. The molecule has 0 spiro atoms. The summed E-state index contributed by atoms with van der Waals surface area (Å²) in [5.41, 5.74) is -1.63. The SMILES string of the molecule is CC(NS(=O)(=O)CCCC(F)(F)F)(C(=O)O)C1CC1. The van der Waals surface area contributed by atoms with Crippen molar-refractivity contribution in [2.24, 2.45) is 5.92 Å². The lowest BCUT2D eigenvalue weighted by Crippen LogP contribution is -2.54. The molecule has 1 atom stereocenters. The number of halogens is 3. The molecule has 0 aliphatic heterocycles. The Hall–Kier alpha value is -0.830. The smallest absolute Gasteiger partial charge is 0.389 e. The third-order valence-electron chi connectivity index (χ3n) is 3.08. The summed E-state index contributed by atoms with van der Waals surface area (Å²) in [5, 5.41) is 9.05. The van der Waals surface area contributed by atoms with Gasteiger partial charge in [0.05, 0.1) is 5.75 Å². The summed E-state index contributed by atoms with van der Waals surface area (Å²) in [4.78, 5) is 11.1. The molecular formula is C10H16F3NO4S. The Labute approximate surface area is 109 Å². The van der Waals surface area contributed by atoms with Crippen LogP contribution >= 0.6 is 0 Å². The Kier molecular flexibility index (Phi) is 4.51. The second-order valence-electron chi connectivity index (χ2n) is 4.92. The zero-order valence-corrected chi connectivity index (χ0v) is 11.1. The van der Waals surface area contributed by atoms with Gasteiger partial charge < -0.3 is 5.11 Å². The van der Waals surface area contributed by atoms with Crippen molar-refractivity contribution in [1.82, 2.24) is 4.72 Å². The van der Waals surface area contributed by atoms with Crippen LogP contribution in [0.5, 0.6) is 0 Å². The number of carboxylic acid groups (broad SMARTS) is 1. The van der Waals surface area contributed by atoms with Gasteiger partial charge in [0.15, 0.2) is 0 Å². The molecule has 0 saturated heterocycles. The minimum Gasteiger partial charge on any atom is -0.480 e. The number of carbonyl (C=O) groups is 1. The minimum atomic E-state index is -4.41. The lowest BCUT2D eigenvalue weighted by molar-refractivity contribution is -0.144. The first-order chi connectivity index (χ1) is 8.46. The van der Waals surface area contributed by atoms with E-state index >= 15 is 0 Å². The highest BCUT2D eigenvalue weighted by Gasteiger charge is 2.49. The number of rotatable bonds is 7. The molecule has 1 unspecified atom stereocenters. The maximum atomic E-state index is 11.9. The molecule has 1 rings (SSSR count). The van der Waals surface area contributed by atoms with Gasteiger partial charge in [-0.15, -0.1) is 0 Å². The number of nitrogens with one attached hydrogen (secondary N) is 1. The molecule has 1 aliphatic carbocycles. The molecule has 1 saturated carbocycles. The van der Waals surface area contributed by atoms with Crippen molar-refractivity contribution in [3.05, 3.63) is 0 Å². The zero-order valence-electron chi connectivity index (χ0n) is 10.3. The molecule has 0 amide bonds. The van der Waals surface area contributed by atoms with Crippen LogP contribution in [-0.4, -0.2) is 37.0 Å². The number of aliphatic carboxylic acids is 1. The molecule has 1 aliphatic rings. The predicted molar refractivity (Wildman–Crippen MR) is 61.0 cm³/mol. The average Bonchev–Trinajstić information content (AvgIpc) is 2.96. The Bertz CT molecular complexity index is 444. The van der Waals surface area contributed by atoms with Gasteiger partial charge in [0, 0.05) is 6.42 Å². The van der Waals surface area contributed by atoms with Crippen LogP contribution in [0, 0.1) is 5.92 Å². The molecule has 0 aromatic rings. The first kappa shape index (κ1) is 16.2. The molecule has 112 valence electrons. The normalized spacial score (nSPS) is 20.0. The van der Waals surface area contributed by atoms with E-state index in [1.165, 1.54) is 6.92 Å². The average molecular weight is 303 g/mol. The van der Waals surface area contributed by atoms with Crippen LogP contribution < -0.4 is 4.72 Å². The fourth-order valence-electron chi connectivity index (χ4n) is 1.80. The third kappa shape index (κ3) is 4.98. The van der Waals surface area contributed by atoms with Gasteiger partial charge >= 0.3 is 12.1 Å². The highest BCUT2D eigenvalue weighted by atomic mass is 32.2. The van der Waals surface area contributed by atoms with Gasteiger partial charge in [-0.3, -0.25) is 4.79 Å². The molecule has 0 aromatic carbocycles. The highest BCUT2D eigenvalue weighted by molar-refractivity contribution is 7.89. The van der Waals surface area contributed by atoms with Crippen molar-refractivity contribution in [3.63, 3.8) is 0 Å². The van der Waals surface area contributed by atoms with E-state index in [1.54, 1.807) is 0 Å². The van der Waals surface area contributed by atoms with Crippen molar-refractivity contribution in [1.29, 1.82) is 0 Å². The van der Waals surface area contributed by atoms with Gasteiger partial charge in [-0.1, -0.05) is 0 Å². The van der Waals surface area contributed by atoms with Gasteiger partial charge in [-0.25, -0.2) is 8.42 Å². The summed E-state index contributed by atoms with van der Waals surface area (Å²) in [6.45, 7) is 1.24. The largest absolute Gasteiger partial charge is 0.480 e. The monoisotopic (exact) mass is 303 g/mol. The summed E-state index contributed by atoms with van der Waals surface area (Å²) < 4.78 is 61.1. The standard InChI is InChI=1S/C10H16F3NO4S/c1-9(8(15)16,7-3-4-7)14-19(17,18)6-2-5-10(11,12)13/h7,14H,2-6H2,1H3,(H,15,16). The van der Waals surface area contributed by atoms with Gasteiger partial charge in [-0.05, 0) is 32.1 Å². The van der Waals surface area contributed by atoms with Crippen molar-refractivity contribution < 1.29 is 31.5 Å². The van der Waals surface area contributed by atoms with Crippen molar-refractivity contribution >= 4 is 16.0 Å². The number of alkyl halides is 3. The highest BCUT2D eigenvalue weighted by Crippen LogP contribution is 2.40. The fourth-order valence-corrected chi connectivity index (χ4v) is 3.33. The maximum Gasteiger partial charge on any atom is 0.389 e. The molecule has 5 nitrogen and oxygen atoms in total. The Balaban J connectivity index is 2.60. The number of hydrogen-bond acceptors (Lipinski definition) is 3. The van der Waals surface area contributed by atoms with Crippen LogP contribution in [0.2, 0.25) is 0 Å². The van der Waals surface area contributed by atoms with Crippen molar-refractivity contribution in [2.75, 3.05) is 5.75 Å². The van der Waals surface area contributed by atoms with Gasteiger partial charge in [0.25, 0.3) is 0 Å². The van der Waals surface area contributed by atoms with Crippen LogP contribution in [0.4, 0.5) is 13.2 Å². The molecule has 0 bridgehead atoms. The number of hydrogen-bond donors (Lipinski definition) is 2. The minimum absolute atomic E-state index is 0.303. The topological polar surface area (TPSA) is 83.5 Å².